The zero-order valence-electron chi connectivity index (χ0n) is 14.1. The third-order valence-electron chi connectivity index (χ3n) is 4.59. The topological polar surface area (TPSA) is 134 Å². The third-order valence-corrected chi connectivity index (χ3v) is 4.59. The SMILES string of the molecule is CCCCN1C(=O)NC(=O)C2C(c3cccc([N+](=O)[O-])c3)NC(=O)NC21. The highest BCUT2D eigenvalue weighted by atomic mass is 16.6. The van der Waals surface area contributed by atoms with Crippen LogP contribution in [0.3, 0.4) is 0 Å². The molecule has 0 radical (unpaired) electrons. The van der Waals surface area contributed by atoms with Gasteiger partial charge in [-0.25, -0.2) is 9.59 Å². The molecule has 2 heterocycles. The van der Waals surface area contributed by atoms with Gasteiger partial charge in [-0.1, -0.05) is 25.5 Å². The molecule has 0 aliphatic carbocycles. The lowest BCUT2D eigenvalue weighted by Gasteiger charge is -2.46. The minimum Gasteiger partial charge on any atom is -0.330 e. The number of imide groups is 1. The van der Waals surface area contributed by atoms with E-state index in [0.29, 0.717) is 12.1 Å². The maximum Gasteiger partial charge on any atom is 0.325 e. The summed E-state index contributed by atoms with van der Waals surface area (Å²) in [5.41, 5.74) is 0.297. The van der Waals surface area contributed by atoms with Gasteiger partial charge in [-0.15, -0.1) is 0 Å². The average molecular weight is 361 g/mol. The van der Waals surface area contributed by atoms with Crippen LogP contribution in [0.1, 0.15) is 31.4 Å². The van der Waals surface area contributed by atoms with Gasteiger partial charge >= 0.3 is 12.1 Å². The smallest absolute Gasteiger partial charge is 0.325 e. The van der Waals surface area contributed by atoms with Gasteiger partial charge in [0.15, 0.2) is 0 Å². The van der Waals surface area contributed by atoms with Gasteiger partial charge in [0.05, 0.1) is 11.0 Å². The van der Waals surface area contributed by atoms with E-state index in [1.807, 2.05) is 6.92 Å². The number of benzene rings is 1. The number of amides is 5. The van der Waals surface area contributed by atoms with Gasteiger partial charge < -0.3 is 15.5 Å². The molecular formula is C16H19N5O5. The van der Waals surface area contributed by atoms with Crippen LogP contribution in [0.2, 0.25) is 0 Å². The predicted molar refractivity (Wildman–Crippen MR) is 89.9 cm³/mol. The Morgan fingerprint density at radius 2 is 2.00 bits per heavy atom. The summed E-state index contributed by atoms with van der Waals surface area (Å²) in [5.74, 6) is -1.33. The van der Waals surface area contributed by atoms with E-state index in [2.05, 4.69) is 16.0 Å². The Morgan fingerprint density at radius 3 is 2.69 bits per heavy atom. The quantitative estimate of drug-likeness (QED) is 0.536. The maximum absolute atomic E-state index is 12.5. The fourth-order valence-electron chi connectivity index (χ4n) is 3.32. The van der Waals surface area contributed by atoms with Crippen molar-refractivity contribution < 1.29 is 19.3 Å². The lowest BCUT2D eigenvalue weighted by Crippen LogP contribution is -2.72. The second-order valence-electron chi connectivity index (χ2n) is 6.26. The number of carbonyl (C=O) groups is 3. The largest absolute Gasteiger partial charge is 0.330 e. The van der Waals surface area contributed by atoms with E-state index in [1.54, 1.807) is 6.07 Å². The summed E-state index contributed by atoms with van der Waals surface area (Å²) in [6, 6.07) is 3.90. The maximum atomic E-state index is 12.5. The molecule has 2 aliphatic heterocycles. The Kier molecular flexibility index (Phi) is 4.74. The number of nitrogens with zero attached hydrogens (tertiary/aromatic N) is 2. The second kappa shape index (κ2) is 6.98. The Hall–Kier alpha value is -3.17. The molecule has 138 valence electrons. The summed E-state index contributed by atoms with van der Waals surface area (Å²) in [4.78, 5) is 48.7. The van der Waals surface area contributed by atoms with E-state index < -0.39 is 41.0 Å². The van der Waals surface area contributed by atoms with Crippen LogP contribution < -0.4 is 16.0 Å². The van der Waals surface area contributed by atoms with Gasteiger partial charge in [-0.2, -0.15) is 0 Å². The standard InChI is InChI=1S/C16H19N5O5/c1-2-3-7-20-13-11(14(22)19-16(20)24)12(17-15(23)18-13)9-5-4-6-10(8-9)21(25)26/h4-6,8,11-13H,2-3,7H2,1H3,(H2,17,18,23)(H,19,22,24). The molecule has 0 spiro atoms. The molecule has 2 aliphatic rings. The van der Waals surface area contributed by atoms with Crippen LogP contribution >= 0.6 is 0 Å². The molecule has 3 rings (SSSR count). The summed E-state index contributed by atoms with van der Waals surface area (Å²) >= 11 is 0. The van der Waals surface area contributed by atoms with Gasteiger partial charge in [0, 0.05) is 18.7 Å². The number of hydrogen-bond donors (Lipinski definition) is 3. The third kappa shape index (κ3) is 3.17. The van der Waals surface area contributed by atoms with Gasteiger partial charge in [0.25, 0.3) is 5.69 Å². The molecule has 0 bridgehead atoms. The molecule has 3 atom stereocenters. The molecule has 10 heteroatoms. The first-order chi connectivity index (χ1) is 12.4. The number of unbranched alkanes of at least 4 members (excludes halogenated alkanes) is 1. The van der Waals surface area contributed by atoms with Gasteiger partial charge in [0.1, 0.15) is 12.1 Å². The number of hydrogen-bond acceptors (Lipinski definition) is 5. The van der Waals surface area contributed by atoms with Gasteiger partial charge in [-0.3, -0.25) is 20.2 Å². The molecule has 0 saturated carbocycles. The Bertz CT molecular complexity index is 767. The van der Waals surface area contributed by atoms with Crippen LogP contribution in [0, 0.1) is 16.0 Å². The zero-order chi connectivity index (χ0) is 18.8. The summed E-state index contributed by atoms with van der Waals surface area (Å²) < 4.78 is 0. The van der Waals surface area contributed by atoms with E-state index >= 15 is 0 Å². The molecule has 0 aromatic heterocycles. The van der Waals surface area contributed by atoms with Crippen molar-refractivity contribution in [1.29, 1.82) is 0 Å². The van der Waals surface area contributed by atoms with Crippen LogP contribution in [-0.2, 0) is 4.79 Å². The highest BCUT2D eigenvalue weighted by Gasteiger charge is 2.49. The summed E-state index contributed by atoms with van der Waals surface area (Å²) in [7, 11) is 0. The molecule has 5 amide bonds. The molecule has 10 nitrogen and oxygen atoms in total. The number of nitro benzene ring substituents is 1. The summed E-state index contributed by atoms with van der Waals surface area (Å²) in [5, 5.41) is 18.6. The van der Waals surface area contributed by atoms with Crippen LogP contribution in [0.5, 0.6) is 0 Å². The van der Waals surface area contributed by atoms with Crippen molar-refractivity contribution in [2.75, 3.05) is 6.54 Å². The van der Waals surface area contributed by atoms with E-state index in [-0.39, 0.29) is 5.69 Å². The van der Waals surface area contributed by atoms with E-state index in [9.17, 15) is 24.5 Å². The first-order valence-electron chi connectivity index (χ1n) is 8.35. The summed E-state index contributed by atoms with van der Waals surface area (Å²) in [6.07, 6.45) is 0.756. The first kappa shape index (κ1) is 17.6. The Morgan fingerprint density at radius 1 is 1.23 bits per heavy atom. The number of nitrogens with one attached hydrogen (secondary N) is 3. The minimum atomic E-state index is -0.805. The van der Waals surface area contributed by atoms with E-state index in [0.717, 1.165) is 12.8 Å². The predicted octanol–water partition coefficient (Wildman–Crippen LogP) is 1.24. The highest BCUT2D eigenvalue weighted by Crippen LogP contribution is 2.33. The Labute approximate surface area is 149 Å². The molecule has 1 aromatic rings. The van der Waals surface area contributed by atoms with Crippen molar-refractivity contribution in [3.63, 3.8) is 0 Å². The second-order valence-corrected chi connectivity index (χ2v) is 6.26. The van der Waals surface area contributed by atoms with Crippen molar-refractivity contribution in [1.82, 2.24) is 20.9 Å². The molecule has 2 fully saturated rings. The number of rotatable bonds is 5. The number of nitro groups is 1. The number of non-ortho nitro benzene ring substituents is 1. The molecule has 3 unspecified atom stereocenters. The summed E-state index contributed by atoms with van der Waals surface area (Å²) in [6.45, 7) is 2.36. The fourth-order valence-corrected chi connectivity index (χ4v) is 3.32. The van der Waals surface area contributed by atoms with Crippen LogP contribution in [0.25, 0.3) is 0 Å². The van der Waals surface area contributed by atoms with Crippen molar-refractivity contribution in [3.05, 3.63) is 39.9 Å². The minimum absolute atomic E-state index is 0.137. The lowest BCUT2D eigenvalue weighted by molar-refractivity contribution is -0.384. The van der Waals surface area contributed by atoms with E-state index in [4.69, 9.17) is 0 Å². The van der Waals surface area contributed by atoms with E-state index in [1.165, 1.54) is 23.1 Å². The van der Waals surface area contributed by atoms with Crippen molar-refractivity contribution >= 4 is 23.7 Å². The van der Waals surface area contributed by atoms with Crippen molar-refractivity contribution in [2.45, 2.75) is 32.0 Å². The fraction of sp³-hybridized carbons (Fsp3) is 0.438. The lowest BCUT2D eigenvalue weighted by atomic mass is 9.86. The highest BCUT2D eigenvalue weighted by molar-refractivity contribution is 6.00. The number of urea groups is 2. The molecular weight excluding hydrogens is 342 g/mol. The van der Waals surface area contributed by atoms with Crippen LogP contribution in [-0.4, -0.2) is 40.5 Å². The van der Waals surface area contributed by atoms with Crippen molar-refractivity contribution in [2.24, 2.45) is 5.92 Å². The van der Waals surface area contributed by atoms with Gasteiger partial charge in [0.2, 0.25) is 5.91 Å². The number of carbonyl (C=O) groups excluding carboxylic acids is 3. The first-order valence-corrected chi connectivity index (χ1v) is 8.35. The molecule has 2 saturated heterocycles. The average Bonchev–Trinajstić information content (AvgIpc) is 2.60. The molecule has 3 N–H and O–H groups in total. The molecule has 26 heavy (non-hydrogen) atoms. The van der Waals surface area contributed by atoms with Crippen molar-refractivity contribution in [3.8, 4) is 0 Å². The number of fused-ring (bicyclic) bond motifs is 1. The monoisotopic (exact) mass is 361 g/mol. The Balaban J connectivity index is 1.97. The zero-order valence-corrected chi connectivity index (χ0v) is 14.1. The normalized spacial score (nSPS) is 25.0. The van der Waals surface area contributed by atoms with Crippen LogP contribution in [0.4, 0.5) is 15.3 Å². The molecule has 1 aromatic carbocycles. The van der Waals surface area contributed by atoms with Crippen LogP contribution in [0.15, 0.2) is 24.3 Å². The van der Waals surface area contributed by atoms with Gasteiger partial charge in [-0.05, 0) is 12.0 Å².